The number of carbonyl (C=O) groups is 1. The van der Waals surface area contributed by atoms with Crippen LogP contribution in [0.3, 0.4) is 0 Å². The number of amides is 1. The van der Waals surface area contributed by atoms with Crippen LogP contribution in [0.25, 0.3) is 6.08 Å². The minimum atomic E-state index is -0.426. The van der Waals surface area contributed by atoms with Crippen molar-refractivity contribution in [2.75, 3.05) is 10.2 Å². The first-order valence-electron chi connectivity index (χ1n) is 9.64. The summed E-state index contributed by atoms with van der Waals surface area (Å²) in [5, 5.41) is 3.67. The van der Waals surface area contributed by atoms with Gasteiger partial charge in [-0.25, -0.2) is 0 Å². The zero-order valence-corrected chi connectivity index (χ0v) is 15.1. The number of nitrogens with two attached hydrogens (primary N) is 1. The van der Waals surface area contributed by atoms with Gasteiger partial charge in [0.2, 0.25) is 0 Å². The van der Waals surface area contributed by atoms with Crippen LogP contribution in [0.1, 0.15) is 47.3 Å². The van der Waals surface area contributed by atoms with Gasteiger partial charge in [0.25, 0.3) is 5.91 Å². The second kappa shape index (κ2) is 6.37. The van der Waals surface area contributed by atoms with Crippen LogP contribution in [-0.2, 0) is 6.42 Å². The Hall–Kier alpha value is -2.89. The number of nitrogens with zero attached hydrogens (tertiary/aromatic N) is 3. The summed E-state index contributed by atoms with van der Waals surface area (Å²) in [4.78, 5) is 23.1. The minimum absolute atomic E-state index is 0.333. The van der Waals surface area contributed by atoms with Gasteiger partial charge in [-0.05, 0) is 37.8 Å². The van der Waals surface area contributed by atoms with E-state index in [1.165, 1.54) is 18.5 Å². The number of primary amides is 1. The molecule has 1 unspecified atom stereocenters. The predicted molar refractivity (Wildman–Crippen MR) is 106 cm³/mol. The average molecular weight is 361 g/mol. The van der Waals surface area contributed by atoms with Gasteiger partial charge in [-0.1, -0.05) is 12.2 Å². The highest BCUT2D eigenvalue weighted by atomic mass is 16.1. The largest absolute Gasteiger partial charge is 0.381 e. The van der Waals surface area contributed by atoms with Gasteiger partial charge in [-0.3, -0.25) is 14.8 Å². The Labute approximate surface area is 158 Å². The van der Waals surface area contributed by atoms with Crippen LogP contribution in [0.5, 0.6) is 0 Å². The fraction of sp³-hybridized carbons (Fsp3) is 0.381. The average Bonchev–Trinajstić information content (AvgIpc) is 3.25. The smallest absolute Gasteiger partial charge is 0.252 e. The molecule has 3 aliphatic rings. The number of allylic oxidation sites excluding steroid dienone is 1. The molecular weight excluding hydrogens is 338 g/mol. The van der Waals surface area contributed by atoms with Gasteiger partial charge in [0.15, 0.2) is 0 Å². The van der Waals surface area contributed by atoms with Crippen LogP contribution in [-0.4, -0.2) is 34.0 Å². The van der Waals surface area contributed by atoms with E-state index < -0.39 is 5.91 Å². The zero-order chi connectivity index (χ0) is 18.4. The number of hydrogen-bond acceptors (Lipinski definition) is 5. The van der Waals surface area contributed by atoms with E-state index in [0.717, 1.165) is 36.2 Å². The lowest BCUT2D eigenvalue weighted by molar-refractivity contribution is 0.100. The van der Waals surface area contributed by atoms with Crippen molar-refractivity contribution >= 4 is 23.4 Å². The molecular formula is C21H23N5O. The molecule has 0 saturated carbocycles. The molecule has 2 fully saturated rings. The van der Waals surface area contributed by atoms with Crippen LogP contribution in [0.4, 0.5) is 11.4 Å². The number of pyridine rings is 2. The van der Waals surface area contributed by atoms with Crippen molar-refractivity contribution in [2.24, 2.45) is 5.73 Å². The molecule has 138 valence electrons. The molecule has 0 spiro atoms. The van der Waals surface area contributed by atoms with Crippen LogP contribution in [0.2, 0.25) is 0 Å². The third kappa shape index (κ3) is 2.76. The monoisotopic (exact) mass is 361 g/mol. The normalized spacial score (nSPS) is 25.5. The summed E-state index contributed by atoms with van der Waals surface area (Å²) in [5.41, 5.74) is 10.3. The standard InChI is InChI=1S/C21H23N5O/c22-21(27)18-12-24-19-3-1-2-17(19)20(18)25-13-10-15-4-5-16(11-13)26(15)14-6-8-23-9-7-14/h1-2,6-9,12-13,15-16H,3-5,10-11H2,(H2,22,27)(H,24,25)/t13?,15-,16+. The first-order valence-corrected chi connectivity index (χ1v) is 9.64. The fourth-order valence-electron chi connectivity index (χ4n) is 4.98. The van der Waals surface area contributed by atoms with E-state index in [1.807, 2.05) is 12.4 Å². The molecule has 3 N–H and O–H groups in total. The van der Waals surface area contributed by atoms with E-state index >= 15 is 0 Å². The van der Waals surface area contributed by atoms with Crippen LogP contribution in [0, 0.1) is 0 Å². The summed E-state index contributed by atoms with van der Waals surface area (Å²) >= 11 is 0. The SMILES string of the molecule is NC(=O)c1cnc2c(c1NC1C[C@H]3CC[C@@H](C1)N3c1ccncc1)C=CC2. The Bertz CT molecular complexity index is 896. The summed E-state index contributed by atoms with van der Waals surface area (Å²) in [7, 11) is 0. The summed E-state index contributed by atoms with van der Waals surface area (Å²) in [6.45, 7) is 0. The molecule has 2 aliphatic heterocycles. The second-order valence-electron chi connectivity index (χ2n) is 7.69. The number of fused-ring (bicyclic) bond motifs is 3. The Morgan fingerprint density at radius 2 is 1.93 bits per heavy atom. The summed E-state index contributed by atoms with van der Waals surface area (Å²) in [6, 6.07) is 5.58. The van der Waals surface area contributed by atoms with Gasteiger partial charge < -0.3 is 16.0 Å². The van der Waals surface area contributed by atoms with Crippen molar-refractivity contribution in [2.45, 2.75) is 50.2 Å². The zero-order valence-electron chi connectivity index (χ0n) is 15.1. The van der Waals surface area contributed by atoms with Gasteiger partial charge in [-0.15, -0.1) is 0 Å². The maximum atomic E-state index is 11.9. The second-order valence-corrected chi connectivity index (χ2v) is 7.69. The molecule has 2 aromatic heterocycles. The first-order chi connectivity index (χ1) is 13.2. The number of carbonyl (C=O) groups excluding carboxylic acids is 1. The number of hydrogen-bond donors (Lipinski definition) is 2. The van der Waals surface area contributed by atoms with Crippen LogP contribution in [0.15, 0.2) is 36.8 Å². The highest BCUT2D eigenvalue weighted by molar-refractivity contribution is 6.00. The highest BCUT2D eigenvalue weighted by Crippen LogP contribution is 2.41. The molecule has 4 heterocycles. The Morgan fingerprint density at radius 1 is 1.19 bits per heavy atom. The Balaban J connectivity index is 1.41. The van der Waals surface area contributed by atoms with E-state index in [9.17, 15) is 4.79 Å². The maximum Gasteiger partial charge on any atom is 0.252 e. The topological polar surface area (TPSA) is 84.1 Å². The summed E-state index contributed by atoms with van der Waals surface area (Å²) in [5.74, 6) is -0.426. The molecule has 5 rings (SSSR count). The van der Waals surface area contributed by atoms with Crippen molar-refractivity contribution in [3.63, 3.8) is 0 Å². The Kier molecular flexibility index (Phi) is 3.85. The molecule has 6 nitrogen and oxygen atoms in total. The van der Waals surface area contributed by atoms with Crippen molar-refractivity contribution in [3.8, 4) is 0 Å². The van der Waals surface area contributed by atoms with E-state index in [1.54, 1.807) is 6.20 Å². The fourth-order valence-corrected chi connectivity index (χ4v) is 4.98. The quantitative estimate of drug-likeness (QED) is 0.875. The van der Waals surface area contributed by atoms with Gasteiger partial charge in [0.05, 0.1) is 16.9 Å². The highest BCUT2D eigenvalue weighted by Gasteiger charge is 2.41. The van der Waals surface area contributed by atoms with Crippen molar-refractivity contribution in [3.05, 3.63) is 53.6 Å². The minimum Gasteiger partial charge on any atom is -0.381 e. The first kappa shape index (κ1) is 16.3. The van der Waals surface area contributed by atoms with Crippen molar-refractivity contribution in [1.29, 1.82) is 0 Å². The number of nitrogens with one attached hydrogen (secondary N) is 1. The van der Waals surface area contributed by atoms with Gasteiger partial charge in [0.1, 0.15) is 0 Å². The lowest BCUT2D eigenvalue weighted by Gasteiger charge is -2.41. The maximum absolute atomic E-state index is 11.9. The molecule has 0 radical (unpaired) electrons. The molecule has 6 heteroatoms. The van der Waals surface area contributed by atoms with E-state index in [4.69, 9.17) is 5.73 Å². The molecule has 3 atom stereocenters. The predicted octanol–water partition coefficient (Wildman–Crippen LogP) is 2.76. The molecule has 2 aromatic rings. The third-order valence-corrected chi connectivity index (χ3v) is 6.10. The molecule has 27 heavy (non-hydrogen) atoms. The van der Waals surface area contributed by atoms with Gasteiger partial charge in [0, 0.05) is 54.4 Å². The third-order valence-electron chi connectivity index (χ3n) is 6.10. The van der Waals surface area contributed by atoms with Gasteiger partial charge >= 0.3 is 0 Å². The lowest BCUT2D eigenvalue weighted by Crippen LogP contribution is -2.47. The van der Waals surface area contributed by atoms with Gasteiger partial charge in [-0.2, -0.15) is 0 Å². The number of rotatable bonds is 4. The number of aromatic nitrogens is 2. The molecule has 1 amide bonds. The number of piperidine rings is 1. The van der Waals surface area contributed by atoms with E-state index in [2.05, 4.69) is 44.5 Å². The number of anilines is 2. The van der Waals surface area contributed by atoms with Crippen LogP contribution < -0.4 is 16.0 Å². The molecule has 2 saturated heterocycles. The molecule has 2 bridgehead atoms. The van der Waals surface area contributed by atoms with E-state index in [-0.39, 0.29) is 0 Å². The van der Waals surface area contributed by atoms with Crippen molar-refractivity contribution in [1.82, 2.24) is 9.97 Å². The summed E-state index contributed by atoms with van der Waals surface area (Å²) < 4.78 is 0. The lowest BCUT2D eigenvalue weighted by atomic mass is 9.95. The van der Waals surface area contributed by atoms with E-state index in [0.29, 0.717) is 23.7 Å². The molecule has 1 aliphatic carbocycles. The van der Waals surface area contributed by atoms with Crippen LogP contribution >= 0.6 is 0 Å². The Morgan fingerprint density at radius 3 is 2.63 bits per heavy atom. The van der Waals surface area contributed by atoms with Crippen molar-refractivity contribution < 1.29 is 4.79 Å². The summed E-state index contributed by atoms with van der Waals surface area (Å²) in [6.07, 6.45) is 14.8. The molecule has 0 aromatic carbocycles.